The predicted octanol–water partition coefficient (Wildman–Crippen LogP) is 4.09. The van der Waals surface area contributed by atoms with Gasteiger partial charge >= 0.3 is 0 Å². The maximum absolute atomic E-state index is 11.5. The molecule has 0 aliphatic heterocycles. The van der Waals surface area contributed by atoms with Gasteiger partial charge in [0.05, 0.1) is 0 Å². The minimum atomic E-state index is 0.397. The standard InChI is InChI=1S/C18H30N2O/c1-4-6-11-17(9-5-2)20(15-21)14-13-16-10-7-8-12-18(16)19-3/h7-8,10,12,15,17,19H,4-6,9,11,13-14H2,1-3H3. The van der Waals surface area contributed by atoms with Gasteiger partial charge in [0, 0.05) is 25.3 Å². The zero-order valence-electron chi connectivity index (χ0n) is 13.8. The number of anilines is 1. The smallest absolute Gasteiger partial charge is 0.209 e. The van der Waals surface area contributed by atoms with Crippen molar-refractivity contribution in [3.05, 3.63) is 29.8 Å². The molecule has 1 rings (SSSR count). The van der Waals surface area contributed by atoms with Gasteiger partial charge in [0.15, 0.2) is 0 Å². The molecule has 1 amide bonds. The Morgan fingerprint density at radius 1 is 1.19 bits per heavy atom. The highest BCUT2D eigenvalue weighted by Gasteiger charge is 2.15. The van der Waals surface area contributed by atoms with E-state index in [2.05, 4.69) is 37.4 Å². The van der Waals surface area contributed by atoms with E-state index in [0.717, 1.165) is 44.3 Å². The van der Waals surface area contributed by atoms with Gasteiger partial charge in [-0.1, -0.05) is 51.3 Å². The SMILES string of the molecule is CCCCC(CCC)N(C=O)CCc1ccccc1NC. The van der Waals surface area contributed by atoms with Crippen LogP contribution in [0.15, 0.2) is 24.3 Å². The number of hydrogen-bond donors (Lipinski definition) is 1. The van der Waals surface area contributed by atoms with E-state index in [4.69, 9.17) is 0 Å². The monoisotopic (exact) mass is 290 g/mol. The lowest BCUT2D eigenvalue weighted by atomic mass is 10.0. The molecule has 1 aromatic carbocycles. The Morgan fingerprint density at radius 2 is 1.95 bits per heavy atom. The number of carbonyl (C=O) groups excluding carboxylic acids is 1. The Kier molecular flexibility index (Phi) is 8.56. The van der Waals surface area contributed by atoms with E-state index in [-0.39, 0.29) is 0 Å². The molecule has 1 N–H and O–H groups in total. The molecule has 0 aromatic heterocycles. The van der Waals surface area contributed by atoms with Crippen molar-refractivity contribution in [1.29, 1.82) is 0 Å². The highest BCUT2D eigenvalue weighted by molar-refractivity contribution is 5.51. The van der Waals surface area contributed by atoms with Gasteiger partial charge in [-0.3, -0.25) is 4.79 Å². The highest BCUT2D eigenvalue weighted by Crippen LogP contribution is 2.18. The molecule has 3 nitrogen and oxygen atoms in total. The summed E-state index contributed by atoms with van der Waals surface area (Å²) in [6.07, 6.45) is 7.69. The molecule has 0 aliphatic carbocycles. The van der Waals surface area contributed by atoms with Gasteiger partial charge in [-0.2, -0.15) is 0 Å². The Morgan fingerprint density at radius 3 is 2.57 bits per heavy atom. The summed E-state index contributed by atoms with van der Waals surface area (Å²) >= 11 is 0. The summed E-state index contributed by atoms with van der Waals surface area (Å²) in [5.74, 6) is 0. The van der Waals surface area contributed by atoms with Gasteiger partial charge in [0.1, 0.15) is 0 Å². The quantitative estimate of drug-likeness (QED) is 0.623. The lowest BCUT2D eigenvalue weighted by Gasteiger charge is -2.28. The van der Waals surface area contributed by atoms with Crippen molar-refractivity contribution in [2.24, 2.45) is 0 Å². The minimum absolute atomic E-state index is 0.397. The number of nitrogens with zero attached hydrogens (tertiary/aromatic N) is 1. The number of amides is 1. The molecule has 0 fully saturated rings. The zero-order chi connectivity index (χ0) is 15.5. The van der Waals surface area contributed by atoms with Crippen molar-refractivity contribution < 1.29 is 4.79 Å². The Hall–Kier alpha value is -1.51. The normalized spacial score (nSPS) is 12.0. The maximum atomic E-state index is 11.5. The van der Waals surface area contributed by atoms with Gasteiger partial charge < -0.3 is 10.2 Å². The fraction of sp³-hybridized carbons (Fsp3) is 0.611. The highest BCUT2D eigenvalue weighted by atomic mass is 16.1. The van der Waals surface area contributed by atoms with E-state index in [0.29, 0.717) is 6.04 Å². The van der Waals surface area contributed by atoms with Crippen molar-refractivity contribution >= 4 is 12.1 Å². The van der Waals surface area contributed by atoms with Gasteiger partial charge in [-0.05, 0) is 30.9 Å². The number of unbranched alkanes of at least 4 members (excludes halogenated alkanes) is 1. The van der Waals surface area contributed by atoms with Crippen LogP contribution in [0, 0.1) is 0 Å². The molecule has 118 valence electrons. The predicted molar refractivity (Wildman–Crippen MR) is 90.7 cm³/mol. The zero-order valence-corrected chi connectivity index (χ0v) is 13.8. The van der Waals surface area contributed by atoms with E-state index in [1.54, 1.807) is 0 Å². The van der Waals surface area contributed by atoms with Crippen LogP contribution >= 0.6 is 0 Å². The summed E-state index contributed by atoms with van der Waals surface area (Å²) in [5, 5.41) is 3.22. The van der Waals surface area contributed by atoms with Crippen LogP contribution < -0.4 is 5.32 Å². The minimum Gasteiger partial charge on any atom is -0.388 e. The summed E-state index contributed by atoms with van der Waals surface area (Å²) in [5.41, 5.74) is 2.43. The number of nitrogens with one attached hydrogen (secondary N) is 1. The molecule has 0 spiro atoms. The lowest BCUT2D eigenvalue weighted by molar-refractivity contribution is -0.120. The van der Waals surface area contributed by atoms with Crippen molar-refractivity contribution in [3.63, 3.8) is 0 Å². The lowest BCUT2D eigenvalue weighted by Crippen LogP contribution is -2.35. The molecule has 0 saturated heterocycles. The average molecular weight is 290 g/mol. The molecule has 1 aromatic rings. The second-order valence-corrected chi connectivity index (χ2v) is 5.59. The average Bonchev–Trinajstić information content (AvgIpc) is 2.53. The first kappa shape index (κ1) is 17.5. The van der Waals surface area contributed by atoms with E-state index in [9.17, 15) is 4.79 Å². The first-order chi connectivity index (χ1) is 10.3. The summed E-state index contributed by atoms with van der Waals surface area (Å²) in [7, 11) is 1.94. The third kappa shape index (κ3) is 5.78. The van der Waals surface area contributed by atoms with E-state index < -0.39 is 0 Å². The fourth-order valence-corrected chi connectivity index (χ4v) is 2.80. The summed E-state index contributed by atoms with van der Waals surface area (Å²) in [4.78, 5) is 13.5. The van der Waals surface area contributed by atoms with Crippen LogP contribution in [0.3, 0.4) is 0 Å². The molecule has 1 atom stereocenters. The van der Waals surface area contributed by atoms with Crippen molar-refractivity contribution in [3.8, 4) is 0 Å². The van der Waals surface area contributed by atoms with Crippen LogP contribution in [0.2, 0.25) is 0 Å². The topological polar surface area (TPSA) is 32.3 Å². The molecule has 0 radical (unpaired) electrons. The Balaban J connectivity index is 2.64. The molecule has 3 heteroatoms. The third-order valence-corrected chi connectivity index (χ3v) is 4.04. The first-order valence-electron chi connectivity index (χ1n) is 8.23. The van der Waals surface area contributed by atoms with E-state index in [1.165, 1.54) is 18.4 Å². The molecular weight excluding hydrogens is 260 g/mol. The summed E-state index contributed by atoms with van der Waals surface area (Å²) in [6, 6.07) is 8.71. The molecule has 0 aliphatic rings. The Labute approximate surface area is 129 Å². The van der Waals surface area contributed by atoms with Crippen LogP contribution in [0.5, 0.6) is 0 Å². The molecule has 21 heavy (non-hydrogen) atoms. The summed E-state index contributed by atoms with van der Waals surface area (Å²) < 4.78 is 0. The van der Waals surface area contributed by atoms with Crippen molar-refractivity contribution in [2.45, 2.75) is 58.4 Å². The molecule has 0 heterocycles. The van der Waals surface area contributed by atoms with Crippen LogP contribution in [-0.4, -0.2) is 30.9 Å². The Bertz CT molecular complexity index is 406. The van der Waals surface area contributed by atoms with Crippen LogP contribution in [-0.2, 0) is 11.2 Å². The van der Waals surface area contributed by atoms with E-state index in [1.807, 2.05) is 18.0 Å². The number of carbonyl (C=O) groups is 1. The molecule has 0 saturated carbocycles. The number of hydrogen-bond acceptors (Lipinski definition) is 2. The van der Waals surface area contributed by atoms with Crippen molar-refractivity contribution in [1.82, 2.24) is 4.90 Å². The first-order valence-corrected chi connectivity index (χ1v) is 8.23. The largest absolute Gasteiger partial charge is 0.388 e. The second-order valence-electron chi connectivity index (χ2n) is 5.59. The number of rotatable bonds is 11. The fourth-order valence-electron chi connectivity index (χ4n) is 2.80. The van der Waals surface area contributed by atoms with Crippen molar-refractivity contribution in [2.75, 3.05) is 18.9 Å². The van der Waals surface area contributed by atoms with E-state index >= 15 is 0 Å². The van der Waals surface area contributed by atoms with Gasteiger partial charge in [0.25, 0.3) is 0 Å². The van der Waals surface area contributed by atoms with Crippen LogP contribution in [0.25, 0.3) is 0 Å². The second kappa shape index (κ2) is 10.3. The molecular formula is C18H30N2O. The molecule has 1 unspecified atom stereocenters. The third-order valence-electron chi connectivity index (χ3n) is 4.04. The van der Waals surface area contributed by atoms with Gasteiger partial charge in [-0.15, -0.1) is 0 Å². The van der Waals surface area contributed by atoms with Gasteiger partial charge in [0.2, 0.25) is 6.41 Å². The number of benzene rings is 1. The van der Waals surface area contributed by atoms with Crippen LogP contribution in [0.4, 0.5) is 5.69 Å². The number of para-hydroxylation sites is 1. The molecule has 0 bridgehead atoms. The van der Waals surface area contributed by atoms with Crippen LogP contribution in [0.1, 0.15) is 51.5 Å². The maximum Gasteiger partial charge on any atom is 0.209 e. The van der Waals surface area contributed by atoms with Gasteiger partial charge in [-0.25, -0.2) is 0 Å². The summed E-state index contributed by atoms with van der Waals surface area (Å²) in [6.45, 7) is 5.20.